The molecule has 1 aromatic heterocycles. The molecule has 0 aromatic carbocycles. The van der Waals surface area contributed by atoms with Crippen molar-refractivity contribution in [3.8, 4) is 0 Å². The number of anilines is 1. The van der Waals surface area contributed by atoms with E-state index < -0.39 is 0 Å². The number of aromatic nitrogens is 2. The molecule has 0 atom stereocenters. The lowest BCUT2D eigenvalue weighted by Gasteiger charge is -2.08. The van der Waals surface area contributed by atoms with Gasteiger partial charge in [-0.1, -0.05) is 13.8 Å². The van der Waals surface area contributed by atoms with Crippen molar-refractivity contribution in [3.63, 3.8) is 0 Å². The highest BCUT2D eigenvalue weighted by Crippen LogP contribution is 2.03. The van der Waals surface area contributed by atoms with Gasteiger partial charge in [-0.3, -0.25) is 4.68 Å². The van der Waals surface area contributed by atoms with Crippen LogP contribution < -0.4 is 10.6 Å². The minimum absolute atomic E-state index is 0.593. The van der Waals surface area contributed by atoms with Gasteiger partial charge in [-0.05, 0) is 19.4 Å². The van der Waals surface area contributed by atoms with Gasteiger partial charge in [0.05, 0.1) is 6.20 Å². The van der Waals surface area contributed by atoms with E-state index in [-0.39, 0.29) is 0 Å². The molecular weight excluding hydrogens is 188 g/mol. The van der Waals surface area contributed by atoms with Crippen molar-refractivity contribution in [2.24, 2.45) is 7.05 Å². The van der Waals surface area contributed by atoms with Crippen molar-refractivity contribution in [3.05, 3.63) is 12.3 Å². The van der Waals surface area contributed by atoms with Crippen molar-refractivity contribution in [2.75, 3.05) is 18.4 Å². The number of unbranched alkanes of at least 4 members (excludes halogenated alkanes) is 1. The second kappa shape index (κ2) is 6.45. The van der Waals surface area contributed by atoms with Crippen LogP contribution in [0.1, 0.15) is 26.7 Å². The van der Waals surface area contributed by atoms with E-state index in [0.717, 1.165) is 18.9 Å². The molecule has 0 aliphatic carbocycles. The first-order valence-electron chi connectivity index (χ1n) is 5.65. The van der Waals surface area contributed by atoms with Crippen LogP contribution >= 0.6 is 0 Å². The third kappa shape index (κ3) is 4.83. The van der Waals surface area contributed by atoms with E-state index in [1.165, 1.54) is 12.8 Å². The second-order valence-electron chi connectivity index (χ2n) is 4.08. The van der Waals surface area contributed by atoms with Crippen molar-refractivity contribution in [1.29, 1.82) is 0 Å². The molecule has 15 heavy (non-hydrogen) atoms. The molecule has 86 valence electrons. The monoisotopic (exact) mass is 210 g/mol. The summed E-state index contributed by atoms with van der Waals surface area (Å²) < 4.78 is 1.85. The van der Waals surface area contributed by atoms with Crippen molar-refractivity contribution < 1.29 is 0 Å². The molecule has 0 amide bonds. The minimum Gasteiger partial charge on any atom is -0.370 e. The SMILES string of the molecule is CC(C)NCCCCNc1ccnn1C. The van der Waals surface area contributed by atoms with Crippen LogP contribution in [0.5, 0.6) is 0 Å². The van der Waals surface area contributed by atoms with Gasteiger partial charge in [-0.2, -0.15) is 5.10 Å². The average Bonchev–Trinajstić information content (AvgIpc) is 2.57. The first-order valence-corrected chi connectivity index (χ1v) is 5.65. The third-order valence-electron chi connectivity index (χ3n) is 2.28. The predicted molar refractivity (Wildman–Crippen MR) is 64.1 cm³/mol. The van der Waals surface area contributed by atoms with E-state index in [4.69, 9.17) is 0 Å². The van der Waals surface area contributed by atoms with Gasteiger partial charge in [-0.25, -0.2) is 0 Å². The van der Waals surface area contributed by atoms with Gasteiger partial charge in [-0.15, -0.1) is 0 Å². The lowest BCUT2D eigenvalue weighted by molar-refractivity contribution is 0.562. The Bertz CT molecular complexity index is 267. The Hall–Kier alpha value is -1.03. The van der Waals surface area contributed by atoms with Crippen molar-refractivity contribution in [1.82, 2.24) is 15.1 Å². The van der Waals surface area contributed by atoms with E-state index in [1.807, 2.05) is 24.0 Å². The summed E-state index contributed by atoms with van der Waals surface area (Å²) in [6.45, 7) is 6.46. The standard InChI is InChI=1S/C11H22N4/c1-10(2)12-7-4-5-8-13-11-6-9-14-15(11)3/h6,9-10,12-13H,4-5,7-8H2,1-3H3. The Balaban J connectivity index is 2.00. The van der Waals surface area contributed by atoms with Crippen LogP contribution in [0.3, 0.4) is 0 Å². The molecule has 2 N–H and O–H groups in total. The molecule has 1 aromatic rings. The van der Waals surface area contributed by atoms with Crippen molar-refractivity contribution >= 4 is 5.82 Å². The van der Waals surface area contributed by atoms with Gasteiger partial charge >= 0.3 is 0 Å². The highest BCUT2D eigenvalue weighted by Gasteiger charge is 1.96. The second-order valence-corrected chi connectivity index (χ2v) is 4.08. The lowest BCUT2D eigenvalue weighted by atomic mass is 10.3. The maximum atomic E-state index is 4.10. The molecule has 0 saturated carbocycles. The summed E-state index contributed by atoms with van der Waals surface area (Å²) in [5.41, 5.74) is 0. The van der Waals surface area contributed by atoms with E-state index in [9.17, 15) is 0 Å². The highest BCUT2D eigenvalue weighted by atomic mass is 15.3. The maximum Gasteiger partial charge on any atom is 0.123 e. The summed E-state index contributed by atoms with van der Waals surface area (Å²) in [6.07, 6.45) is 4.20. The van der Waals surface area contributed by atoms with Crippen molar-refractivity contribution in [2.45, 2.75) is 32.7 Å². The maximum absolute atomic E-state index is 4.10. The number of hydrogen-bond donors (Lipinski definition) is 2. The molecule has 1 rings (SSSR count). The van der Waals surface area contributed by atoms with Gasteiger partial charge in [0.25, 0.3) is 0 Å². The van der Waals surface area contributed by atoms with Gasteiger partial charge in [0.15, 0.2) is 0 Å². The lowest BCUT2D eigenvalue weighted by Crippen LogP contribution is -2.24. The fourth-order valence-corrected chi connectivity index (χ4v) is 1.40. The highest BCUT2D eigenvalue weighted by molar-refractivity contribution is 5.32. The van der Waals surface area contributed by atoms with Gasteiger partial charge in [0, 0.05) is 25.7 Å². The molecule has 0 saturated heterocycles. The number of rotatable bonds is 7. The van der Waals surface area contributed by atoms with Gasteiger partial charge in [0.2, 0.25) is 0 Å². The average molecular weight is 210 g/mol. The van der Waals surface area contributed by atoms with Crippen LogP contribution in [0.15, 0.2) is 12.3 Å². The van der Waals surface area contributed by atoms with E-state index in [0.29, 0.717) is 6.04 Å². The molecule has 0 radical (unpaired) electrons. The Morgan fingerprint density at radius 2 is 2.07 bits per heavy atom. The van der Waals surface area contributed by atoms with Crippen LogP contribution in [-0.2, 0) is 7.05 Å². The molecule has 0 bridgehead atoms. The Morgan fingerprint density at radius 1 is 1.33 bits per heavy atom. The molecule has 0 unspecified atom stereocenters. The van der Waals surface area contributed by atoms with Gasteiger partial charge < -0.3 is 10.6 Å². The molecule has 0 aliphatic rings. The molecule has 4 nitrogen and oxygen atoms in total. The van der Waals surface area contributed by atoms with Crippen LogP contribution in [0.4, 0.5) is 5.82 Å². The molecule has 0 spiro atoms. The molecule has 0 aliphatic heterocycles. The summed E-state index contributed by atoms with van der Waals surface area (Å²) >= 11 is 0. The third-order valence-corrected chi connectivity index (χ3v) is 2.28. The summed E-state index contributed by atoms with van der Waals surface area (Å²) in [5, 5.41) is 10.9. The largest absolute Gasteiger partial charge is 0.370 e. The summed E-state index contributed by atoms with van der Waals surface area (Å²) in [7, 11) is 1.95. The molecule has 1 heterocycles. The minimum atomic E-state index is 0.593. The fraction of sp³-hybridized carbons (Fsp3) is 0.727. The summed E-state index contributed by atoms with van der Waals surface area (Å²) in [5.74, 6) is 1.09. The zero-order chi connectivity index (χ0) is 11.1. The van der Waals surface area contributed by atoms with E-state index >= 15 is 0 Å². The Kier molecular flexibility index (Phi) is 5.18. The smallest absolute Gasteiger partial charge is 0.123 e. The normalized spacial score (nSPS) is 10.9. The predicted octanol–water partition coefficient (Wildman–Crippen LogP) is 1.61. The molecule has 0 fully saturated rings. The van der Waals surface area contributed by atoms with Crippen LogP contribution in [0.25, 0.3) is 0 Å². The Morgan fingerprint density at radius 3 is 2.67 bits per heavy atom. The number of hydrogen-bond acceptors (Lipinski definition) is 3. The van der Waals surface area contributed by atoms with E-state index in [1.54, 1.807) is 0 Å². The number of nitrogens with one attached hydrogen (secondary N) is 2. The zero-order valence-corrected chi connectivity index (χ0v) is 9.95. The van der Waals surface area contributed by atoms with Gasteiger partial charge in [0.1, 0.15) is 5.82 Å². The van der Waals surface area contributed by atoms with E-state index in [2.05, 4.69) is 29.6 Å². The quantitative estimate of drug-likeness (QED) is 0.672. The first kappa shape index (κ1) is 12.0. The Labute approximate surface area is 92.1 Å². The van der Waals surface area contributed by atoms with Crippen LogP contribution in [-0.4, -0.2) is 28.9 Å². The fourth-order valence-electron chi connectivity index (χ4n) is 1.40. The number of nitrogens with zero attached hydrogens (tertiary/aromatic N) is 2. The molecule has 4 heteroatoms. The summed E-state index contributed by atoms with van der Waals surface area (Å²) in [6, 6.07) is 2.59. The first-order chi connectivity index (χ1) is 7.20. The number of aryl methyl sites for hydroxylation is 1. The topological polar surface area (TPSA) is 41.9 Å². The van der Waals surface area contributed by atoms with Crippen LogP contribution in [0, 0.1) is 0 Å². The summed E-state index contributed by atoms with van der Waals surface area (Å²) in [4.78, 5) is 0. The molecular formula is C11H22N4. The van der Waals surface area contributed by atoms with Crippen LogP contribution in [0.2, 0.25) is 0 Å². The zero-order valence-electron chi connectivity index (χ0n) is 9.95.